The summed E-state index contributed by atoms with van der Waals surface area (Å²) >= 11 is 1.73. The molecule has 92 valence electrons. The van der Waals surface area contributed by atoms with E-state index in [1.807, 2.05) is 31.2 Å². The molecule has 3 heteroatoms. The Morgan fingerprint density at radius 2 is 2.05 bits per heavy atom. The van der Waals surface area contributed by atoms with E-state index in [9.17, 15) is 5.26 Å². The summed E-state index contributed by atoms with van der Waals surface area (Å²) in [6.45, 7) is 2.01. The van der Waals surface area contributed by atoms with Crippen LogP contribution in [0.1, 0.15) is 11.1 Å². The highest BCUT2D eigenvalue weighted by atomic mass is 32.1. The number of thiophene rings is 1. The fourth-order valence-corrected chi connectivity index (χ4v) is 2.89. The first kappa shape index (κ1) is 11.8. The Labute approximate surface area is 115 Å². The largest absolute Gasteiger partial charge is 0.354 e. The van der Waals surface area contributed by atoms with E-state index in [4.69, 9.17) is 0 Å². The first-order valence-corrected chi connectivity index (χ1v) is 6.90. The Morgan fingerprint density at radius 3 is 2.89 bits per heavy atom. The number of para-hydroxylation sites is 1. The molecule has 0 amide bonds. The number of hydrogen-bond donors (Lipinski definition) is 1. The first-order chi connectivity index (χ1) is 9.28. The van der Waals surface area contributed by atoms with Crippen LogP contribution in [-0.4, -0.2) is 0 Å². The van der Waals surface area contributed by atoms with Gasteiger partial charge in [0, 0.05) is 10.4 Å². The van der Waals surface area contributed by atoms with Gasteiger partial charge in [-0.3, -0.25) is 0 Å². The molecule has 2 aromatic carbocycles. The van der Waals surface area contributed by atoms with E-state index >= 15 is 0 Å². The molecule has 0 saturated carbocycles. The molecule has 1 aromatic heterocycles. The summed E-state index contributed by atoms with van der Waals surface area (Å²) in [6.07, 6.45) is 0. The molecule has 0 fully saturated rings. The second-order valence-corrected chi connectivity index (χ2v) is 5.36. The van der Waals surface area contributed by atoms with Crippen LogP contribution in [0.25, 0.3) is 10.1 Å². The van der Waals surface area contributed by atoms with Gasteiger partial charge in [0.15, 0.2) is 0 Å². The van der Waals surface area contributed by atoms with Gasteiger partial charge in [-0.2, -0.15) is 5.26 Å². The quantitative estimate of drug-likeness (QED) is 0.720. The molecule has 0 saturated heterocycles. The number of hydrogen-bond acceptors (Lipinski definition) is 3. The van der Waals surface area contributed by atoms with Crippen molar-refractivity contribution in [2.45, 2.75) is 6.92 Å². The molecular weight excluding hydrogens is 252 g/mol. The van der Waals surface area contributed by atoms with Crippen molar-refractivity contribution in [1.29, 1.82) is 5.26 Å². The van der Waals surface area contributed by atoms with Crippen LogP contribution < -0.4 is 5.32 Å². The molecule has 2 nitrogen and oxygen atoms in total. The fraction of sp³-hybridized carbons (Fsp3) is 0.0625. The van der Waals surface area contributed by atoms with Crippen LogP contribution in [0, 0.1) is 18.3 Å². The minimum atomic E-state index is 0.672. The summed E-state index contributed by atoms with van der Waals surface area (Å²) in [4.78, 5) is 0. The second-order valence-electron chi connectivity index (χ2n) is 4.41. The Kier molecular flexibility index (Phi) is 2.94. The van der Waals surface area contributed by atoms with E-state index < -0.39 is 0 Å². The van der Waals surface area contributed by atoms with Crippen molar-refractivity contribution in [2.24, 2.45) is 0 Å². The van der Waals surface area contributed by atoms with E-state index in [0.717, 1.165) is 16.9 Å². The average Bonchev–Trinajstić information content (AvgIpc) is 2.88. The number of rotatable bonds is 2. The third kappa shape index (κ3) is 2.18. The van der Waals surface area contributed by atoms with Crippen LogP contribution in [0.4, 0.5) is 11.4 Å². The molecule has 0 spiro atoms. The van der Waals surface area contributed by atoms with Crippen LogP contribution >= 0.6 is 11.3 Å². The Balaban J connectivity index is 2.03. The zero-order valence-electron chi connectivity index (χ0n) is 10.5. The van der Waals surface area contributed by atoms with Gasteiger partial charge in [0.2, 0.25) is 0 Å². The van der Waals surface area contributed by atoms with Crippen LogP contribution in [0.3, 0.4) is 0 Å². The van der Waals surface area contributed by atoms with Gasteiger partial charge in [-0.1, -0.05) is 12.1 Å². The van der Waals surface area contributed by atoms with Gasteiger partial charge >= 0.3 is 0 Å². The fourth-order valence-electron chi connectivity index (χ4n) is 2.12. The van der Waals surface area contributed by atoms with Gasteiger partial charge in [0.05, 0.1) is 11.3 Å². The van der Waals surface area contributed by atoms with E-state index in [0.29, 0.717) is 5.56 Å². The van der Waals surface area contributed by atoms with Crippen LogP contribution in [0.2, 0.25) is 0 Å². The standard InChI is InChI=1S/C16H12N2S/c1-11-3-2-4-13(10-17)16(11)18-14-5-6-15-12(9-14)7-8-19-15/h2-9,18H,1H3. The lowest BCUT2D eigenvalue weighted by molar-refractivity contribution is 1.39. The average molecular weight is 264 g/mol. The highest BCUT2D eigenvalue weighted by molar-refractivity contribution is 7.17. The molecule has 3 aromatic rings. The number of anilines is 2. The molecule has 3 rings (SSSR count). The van der Waals surface area contributed by atoms with Crippen molar-refractivity contribution in [3.63, 3.8) is 0 Å². The number of nitrogens with zero attached hydrogens (tertiary/aromatic N) is 1. The van der Waals surface area contributed by atoms with Crippen molar-refractivity contribution in [3.05, 3.63) is 59.0 Å². The maximum Gasteiger partial charge on any atom is 0.101 e. The molecule has 1 heterocycles. The zero-order chi connectivity index (χ0) is 13.2. The van der Waals surface area contributed by atoms with Gasteiger partial charge in [-0.15, -0.1) is 11.3 Å². The van der Waals surface area contributed by atoms with Crippen LogP contribution in [0.15, 0.2) is 47.8 Å². The summed E-state index contributed by atoms with van der Waals surface area (Å²) in [5.74, 6) is 0. The Bertz CT molecular complexity index is 781. The monoisotopic (exact) mass is 264 g/mol. The first-order valence-electron chi connectivity index (χ1n) is 6.02. The Morgan fingerprint density at radius 1 is 1.16 bits per heavy atom. The minimum absolute atomic E-state index is 0.672. The highest BCUT2D eigenvalue weighted by Gasteiger charge is 2.06. The number of nitriles is 1. The molecule has 0 aliphatic rings. The number of fused-ring (bicyclic) bond motifs is 1. The summed E-state index contributed by atoms with van der Waals surface area (Å²) < 4.78 is 1.27. The van der Waals surface area contributed by atoms with Crippen molar-refractivity contribution < 1.29 is 0 Å². The summed E-state index contributed by atoms with van der Waals surface area (Å²) in [6, 6.07) is 16.3. The number of nitrogens with one attached hydrogen (secondary N) is 1. The summed E-state index contributed by atoms with van der Waals surface area (Å²) in [7, 11) is 0. The predicted molar refractivity (Wildman–Crippen MR) is 81.0 cm³/mol. The van der Waals surface area contributed by atoms with Crippen molar-refractivity contribution in [1.82, 2.24) is 0 Å². The van der Waals surface area contributed by atoms with Gasteiger partial charge in [0.1, 0.15) is 6.07 Å². The lowest BCUT2D eigenvalue weighted by Crippen LogP contribution is -1.96. The smallest absolute Gasteiger partial charge is 0.101 e. The molecule has 0 unspecified atom stereocenters. The zero-order valence-corrected chi connectivity index (χ0v) is 11.3. The van der Waals surface area contributed by atoms with E-state index in [1.165, 1.54) is 10.1 Å². The Hall–Kier alpha value is -2.31. The lowest BCUT2D eigenvalue weighted by atomic mass is 10.1. The number of aryl methyl sites for hydroxylation is 1. The normalized spacial score (nSPS) is 10.3. The molecule has 0 aliphatic carbocycles. The van der Waals surface area contributed by atoms with E-state index in [-0.39, 0.29) is 0 Å². The third-order valence-corrected chi connectivity index (χ3v) is 4.01. The van der Waals surface area contributed by atoms with E-state index in [2.05, 4.69) is 35.0 Å². The molecule has 0 bridgehead atoms. The summed E-state index contributed by atoms with van der Waals surface area (Å²) in [5, 5.41) is 15.8. The number of benzene rings is 2. The molecule has 0 radical (unpaired) electrons. The van der Waals surface area contributed by atoms with Crippen molar-refractivity contribution >= 4 is 32.8 Å². The molecule has 1 N–H and O–H groups in total. The third-order valence-electron chi connectivity index (χ3n) is 3.11. The predicted octanol–water partition coefficient (Wildman–Crippen LogP) is 4.83. The molecular formula is C16H12N2S. The highest BCUT2D eigenvalue weighted by Crippen LogP contribution is 2.28. The van der Waals surface area contributed by atoms with Crippen LogP contribution in [0.5, 0.6) is 0 Å². The van der Waals surface area contributed by atoms with Crippen molar-refractivity contribution in [2.75, 3.05) is 5.32 Å². The van der Waals surface area contributed by atoms with E-state index in [1.54, 1.807) is 11.3 Å². The minimum Gasteiger partial charge on any atom is -0.354 e. The maximum absolute atomic E-state index is 9.17. The second kappa shape index (κ2) is 4.75. The van der Waals surface area contributed by atoms with Gasteiger partial charge < -0.3 is 5.32 Å². The van der Waals surface area contributed by atoms with Gasteiger partial charge in [0.25, 0.3) is 0 Å². The van der Waals surface area contributed by atoms with Crippen LogP contribution in [-0.2, 0) is 0 Å². The molecule has 0 atom stereocenters. The molecule has 19 heavy (non-hydrogen) atoms. The van der Waals surface area contributed by atoms with Gasteiger partial charge in [-0.05, 0) is 53.6 Å². The maximum atomic E-state index is 9.17. The topological polar surface area (TPSA) is 35.8 Å². The lowest BCUT2D eigenvalue weighted by Gasteiger charge is -2.11. The molecule has 0 aliphatic heterocycles. The SMILES string of the molecule is Cc1cccc(C#N)c1Nc1ccc2sccc2c1. The summed E-state index contributed by atoms with van der Waals surface area (Å²) in [5.41, 5.74) is 3.64. The van der Waals surface area contributed by atoms with Crippen molar-refractivity contribution in [3.8, 4) is 6.07 Å². The van der Waals surface area contributed by atoms with Gasteiger partial charge in [-0.25, -0.2) is 0 Å².